The van der Waals surface area contributed by atoms with Crippen molar-refractivity contribution in [1.82, 2.24) is 20.4 Å². The van der Waals surface area contributed by atoms with Crippen molar-refractivity contribution in [2.45, 2.75) is 64.0 Å². The molecule has 0 aromatic heterocycles. The van der Waals surface area contributed by atoms with Crippen LogP contribution in [-0.2, 0) is 14.4 Å². The number of rotatable bonds is 5. The number of piperidine rings is 1. The Morgan fingerprint density at radius 3 is 2.63 bits per heavy atom. The molecule has 7 nitrogen and oxygen atoms in total. The molecule has 3 amide bonds. The fourth-order valence-electron chi connectivity index (χ4n) is 4.43. The summed E-state index contributed by atoms with van der Waals surface area (Å²) in [5.41, 5.74) is 0. The lowest BCUT2D eigenvalue weighted by Gasteiger charge is -2.41. The van der Waals surface area contributed by atoms with Crippen LogP contribution in [0.25, 0.3) is 0 Å². The molecule has 0 aromatic rings. The number of carbonyl (C=O) groups excluding carboxylic acids is 3. The van der Waals surface area contributed by atoms with Crippen molar-refractivity contribution in [2.75, 3.05) is 32.7 Å². The van der Waals surface area contributed by atoms with Gasteiger partial charge in [0, 0.05) is 50.6 Å². The number of nitrogens with zero attached hydrogens (tertiary/aromatic N) is 2. The molecule has 27 heavy (non-hydrogen) atoms. The van der Waals surface area contributed by atoms with Crippen molar-refractivity contribution in [3.8, 4) is 0 Å². The molecule has 2 N–H and O–H groups in total. The minimum Gasteiger partial charge on any atom is -0.353 e. The Balaban J connectivity index is 0.00000261. The van der Waals surface area contributed by atoms with Crippen LogP contribution in [0.4, 0.5) is 0 Å². The van der Waals surface area contributed by atoms with E-state index in [-0.39, 0.29) is 48.1 Å². The summed E-state index contributed by atoms with van der Waals surface area (Å²) in [4.78, 5) is 40.8. The number of piperazine rings is 1. The second kappa shape index (κ2) is 10.3. The maximum atomic E-state index is 12.7. The maximum Gasteiger partial charge on any atom is 0.236 e. The van der Waals surface area contributed by atoms with Crippen molar-refractivity contribution in [1.29, 1.82) is 0 Å². The standard InChI is InChI=1S/C19H32N4O3.ClH/c1-14(21-19(26)15-5-2-3-6-15)11-17(24)22-9-4-7-16(13-22)23-10-8-20-12-18(23)25;/h14-16,20H,2-13H2,1H3,(H,21,26);1H. The average molecular weight is 401 g/mol. The monoisotopic (exact) mass is 400 g/mol. The van der Waals surface area contributed by atoms with E-state index in [0.29, 0.717) is 19.5 Å². The zero-order valence-electron chi connectivity index (χ0n) is 16.2. The normalized spacial score (nSPS) is 25.1. The van der Waals surface area contributed by atoms with E-state index in [1.807, 2.05) is 16.7 Å². The number of hydrogen-bond donors (Lipinski definition) is 2. The van der Waals surface area contributed by atoms with Gasteiger partial charge in [0.1, 0.15) is 0 Å². The van der Waals surface area contributed by atoms with E-state index in [1.54, 1.807) is 0 Å². The van der Waals surface area contributed by atoms with Gasteiger partial charge in [-0.2, -0.15) is 0 Å². The van der Waals surface area contributed by atoms with Crippen LogP contribution in [0.3, 0.4) is 0 Å². The lowest BCUT2D eigenvalue weighted by molar-refractivity contribution is -0.140. The van der Waals surface area contributed by atoms with Crippen LogP contribution in [0.5, 0.6) is 0 Å². The third kappa shape index (κ3) is 5.82. The van der Waals surface area contributed by atoms with Crippen LogP contribution in [0.2, 0.25) is 0 Å². The largest absolute Gasteiger partial charge is 0.353 e. The average Bonchev–Trinajstić information content (AvgIpc) is 3.17. The summed E-state index contributed by atoms with van der Waals surface area (Å²) in [5, 5.41) is 6.11. The van der Waals surface area contributed by atoms with Crippen molar-refractivity contribution in [3.63, 3.8) is 0 Å². The van der Waals surface area contributed by atoms with Crippen LogP contribution in [-0.4, -0.2) is 72.3 Å². The number of nitrogens with one attached hydrogen (secondary N) is 2. The van der Waals surface area contributed by atoms with Crippen LogP contribution < -0.4 is 10.6 Å². The molecule has 3 rings (SSSR count). The molecule has 2 aliphatic heterocycles. The quantitative estimate of drug-likeness (QED) is 0.718. The smallest absolute Gasteiger partial charge is 0.236 e. The second-order valence-electron chi connectivity index (χ2n) is 7.99. The minimum atomic E-state index is -0.142. The van der Waals surface area contributed by atoms with Crippen molar-refractivity contribution < 1.29 is 14.4 Å². The van der Waals surface area contributed by atoms with Gasteiger partial charge in [-0.3, -0.25) is 14.4 Å². The number of halogens is 1. The molecule has 2 atom stereocenters. The fraction of sp³-hybridized carbons (Fsp3) is 0.842. The van der Waals surface area contributed by atoms with Gasteiger partial charge in [0.15, 0.2) is 0 Å². The molecule has 2 unspecified atom stereocenters. The van der Waals surface area contributed by atoms with Crippen molar-refractivity contribution in [2.24, 2.45) is 5.92 Å². The third-order valence-electron chi connectivity index (χ3n) is 5.91. The Bertz CT molecular complexity index is 539. The molecule has 8 heteroatoms. The number of hydrogen-bond acceptors (Lipinski definition) is 4. The molecule has 2 saturated heterocycles. The molecule has 3 fully saturated rings. The molecule has 0 bridgehead atoms. The predicted octanol–water partition coefficient (Wildman–Crippen LogP) is 0.916. The SMILES string of the molecule is CC(CC(=O)N1CCCC(N2CCNCC2=O)C1)NC(=O)C1CCCC1.Cl. The third-order valence-corrected chi connectivity index (χ3v) is 5.91. The highest BCUT2D eigenvalue weighted by atomic mass is 35.5. The summed E-state index contributed by atoms with van der Waals surface area (Å²) in [6.07, 6.45) is 6.43. The highest BCUT2D eigenvalue weighted by Crippen LogP contribution is 2.25. The van der Waals surface area contributed by atoms with Crippen molar-refractivity contribution >= 4 is 30.1 Å². The Morgan fingerprint density at radius 1 is 1.19 bits per heavy atom. The van der Waals surface area contributed by atoms with E-state index in [0.717, 1.165) is 58.2 Å². The summed E-state index contributed by atoms with van der Waals surface area (Å²) < 4.78 is 0. The Labute approximate surface area is 168 Å². The van der Waals surface area contributed by atoms with Gasteiger partial charge in [-0.15, -0.1) is 12.4 Å². The summed E-state index contributed by atoms with van der Waals surface area (Å²) >= 11 is 0. The van der Waals surface area contributed by atoms with Gasteiger partial charge in [0.25, 0.3) is 0 Å². The minimum absolute atomic E-state index is 0. The number of amides is 3. The van der Waals surface area contributed by atoms with Crippen LogP contribution in [0, 0.1) is 5.92 Å². The highest BCUT2D eigenvalue weighted by Gasteiger charge is 2.32. The number of likely N-dealkylation sites (tertiary alicyclic amines) is 1. The van der Waals surface area contributed by atoms with Crippen LogP contribution in [0.1, 0.15) is 51.9 Å². The molecular weight excluding hydrogens is 368 g/mol. The Morgan fingerprint density at radius 2 is 1.93 bits per heavy atom. The lowest BCUT2D eigenvalue weighted by Crippen LogP contribution is -2.57. The molecule has 154 valence electrons. The van der Waals surface area contributed by atoms with Gasteiger partial charge >= 0.3 is 0 Å². The molecule has 0 radical (unpaired) electrons. The van der Waals surface area contributed by atoms with Gasteiger partial charge < -0.3 is 20.4 Å². The molecule has 1 saturated carbocycles. The maximum absolute atomic E-state index is 12.7. The van der Waals surface area contributed by atoms with E-state index < -0.39 is 0 Å². The second-order valence-corrected chi connectivity index (χ2v) is 7.99. The predicted molar refractivity (Wildman–Crippen MR) is 106 cm³/mol. The van der Waals surface area contributed by atoms with E-state index in [4.69, 9.17) is 0 Å². The Hall–Kier alpha value is -1.34. The first kappa shape index (κ1) is 22.0. The zero-order chi connectivity index (χ0) is 18.5. The van der Waals surface area contributed by atoms with Crippen molar-refractivity contribution in [3.05, 3.63) is 0 Å². The topological polar surface area (TPSA) is 81.8 Å². The first-order chi connectivity index (χ1) is 12.5. The van der Waals surface area contributed by atoms with E-state index in [1.165, 1.54) is 0 Å². The van der Waals surface area contributed by atoms with Gasteiger partial charge in [0.2, 0.25) is 17.7 Å². The number of carbonyl (C=O) groups is 3. The van der Waals surface area contributed by atoms with Gasteiger partial charge in [-0.1, -0.05) is 12.8 Å². The molecule has 0 aromatic carbocycles. The molecule has 0 spiro atoms. The van der Waals surface area contributed by atoms with Crippen LogP contribution >= 0.6 is 12.4 Å². The highest BCUT2D eigenvalue weighted by molar-refractivity contribution is 5.85. The Kier molecular flexibility index (Phi) is 8.35. The molecule has 3 aliphatic rings. The van der Waals surface area contributed by atoms with E-state index >= 15 is 0 Å². The molecular formula is C19H33ClN4O3. The van der Waals surface area contributed by atoms with Crippen LogP contribution in [0.15, 0.2) is 0 Å². The van der Waals surface area contributed by atoms with Gasteiger partial charge in [-0.25, -0.2) is 0 Å². The summed E-state index contributed by atoms with van der Waals surface area (Å²) in [7, 11) is 0. The summed E-state index contributed by atoms with van der Waals surface area (Å²) in [6.45, 7) is 5.22. The molecule has 1 aliphatic carbocycles. The fourth-order valence-corrected chi connectivity index (χ4v) is 4.43. The van der Waals surface area contributed by atoms with Gasteiger partial charge in [0.05, 0.1) is 6.54 Å². The van der Waals surface area contributed by atoms with E-state index in [9.17, 15) is 14.4 Å². The lowest BCUT2D eigenvalue weighted by atomic mass is 10.0. The zero-order valence-corrected chi connectivity index (χ0v) is 17.1. The van der Waals surface area contributed by atoms with Gasteiger partial charge in [-0.05, 0) is 32.6 Å². The summed E-state index contributed by atoms with van der Waals surface area (Å²) in [5.74, 6) is 0.445. The first-order valence-corrected chi connectivity index (χ1v) is 10.1. The molecule has 2 heterocycles. The summed E-state index contributed by atoms with van der Waals surface area (Å²) in [6, 6.07) is -0.0116. The first-order valence-electron chi connectivity index (χ1n) is 10.1. The van der Waals surface area contributed by atoms with E-state index in [2.05, 4.69) is 10.6 Å².